The predicted octanol–water partition coefficient (Wildman–Crippen LogP) is 3.22. The lowest BCUT2D eigenvalue weighted by atomic mass is 10.1. The summed E-state index contributed by atoms with van der Waals surface area (Å²) < 4.78 is 17.8. The zero-order valence-corrected chi connectivity index (χ0v) is 14.4. The summed E-state index contributed by atoms with van der Waals surface area (Å²) in [5, 5.41) is 0. The first-order chi connectivity index (χ1) is 12.8. The van der Waals surface area contributed by atoms with Crippen LogP contribution in [0, 0.1) is 5.92 Å². The number of fused-ring (bicyclic) bond motifs is 2. The molecule has 1 aliphatic carbocycles. The molecule has 0 radical (unpaired) electrons. The molecule has 3 heterocycles. The van der Waals surface area contributed by atoms with Crippen molar-refractivity contribution in [1.29, 1.82) is 0 Å². The molecule has 1 amide bonds. The molecule has 6 nitrogen and oxygen atoms in total. The lowest BCUT2D eigenvalue weighted by molar-refractivity contribution is -0.256. The van der Waals surface area contributed by atoms with Crippen LogP contribution in [0.1, 0.15) is 24.8 Å². The van der Waals surface area contributed by atoms with Crippen molar-refractivity contribution < 1.29 is 19.0 Å². The Morgan fingerprint density at radius 1 is 1.12 bits per heavy atom. The van der Waals surface area contributed by atoms with E-state index in [-0.39, 0.29) is 5.91 Å². The molecule has 5 rings (SSSR count). The maximum atomic E-state index is 13.2. The first kappa shape index (κ1) is 15.8. The fourth-order valence-corrected chi connectivity index (χ4v) is 3.57. The molecule has 1 saturated carbocycles. The van der Waals surface area contributed by atoms with Crippen molar-refractivity contribution in [3.63, 3.8) is 0 Å². The average Bonchev–Trinajstić information content (AvgIpc) is 3.48. The lowest BCUT2D eigenvalue weighted by Gasteiger charge is -2.32. The van der Waals surface area contributed by atoms with Gasteiger partial charge >= 0.3 is 0 Å². The summed E-state index contributed by atoms with van der Waals surface area (Å²) in [6.07, 6.45) is 6.51. The Morgan fingerprint density at radius 3 is 2.62 bits per heavy atom. The maximum Gasteiger partial charge on any atom is 0.292 e. The number of carbonyl (C=O) groups excluding carboxylic acids is 1. The van der Waals surface area contributed by atoms with Crippen molar-refractivity contribution in [2.45, 2.75) is 25.0 Å². The van der Waals surface area contributed by atoms with E-state index in [0.717, 1.165) is 24.2 Å². The van der Waals surface area contributed by atoms with Crippen molar-refractivity contribution in [2.75, 3.05) is 24.7 Å². The number of aromatic nitrogens is 1. The molecule has 2 aliphatic heterocycles. The summed E-state index contributed by atoms with van der Waals surface area (Å²) in [7, 11) is 0. The van der Waals surface area contributed by atoms with E-state index in [4.69, 9.17) is 14.2 Å². The quantitative estimate of drug-likeness (QED) is 0.845. The smallest absolute Gasteiger partial charge is 0.292 e. The minimum atomic E-state index is -1.32. The monoisotopic (exact) mass is 352 g/mol. The van der Waals surface area contributed by atoms with Crippen molar-refractivity contribution in [1.82, 2.24) is 4.98 Å². The third kappa shape index (κ3) is 2.57. The highest BCUT2D eigenvalue weighted by molar-refractivity contribution is 6.06. The zero-order valence-electron chi connectivity index (χ0n) is 14.4. The molecule has 0 bridgehead atoms. The number of hydrogen-bond donors (Lipinski definition) is 0. The third-order valence-electron chi connectivity index (χ3n) is 5.06. The number of rotatable bonds is 4. The first-order valence-electron chi connectivity index (χ1n) is 9.08. The molecule has 134 valence electrons. The fourth-order valence-electron chi connectivity index (χ4n) is 3.57. The van der Waals surface area contributed by atoms with Crippen LogP contribution in [0.5, 0.6) is 11.5 Å². The van der Waals surface area contributed by atoms with Crippen LogP contribution >= 0.6 is 0 Å². The van der Waals surface area contributed by atoms with E-state index in [1.165, 1.54) is 12.8 Å². The molecular weight excluding hydrogens is 332 g/mol. The molecule has 2 aromatic rings. The molecule has 3 aliphatic rings. The van der Waals surface area contributed by atoms with Gasteiger partial charge in [0.25, 0.3) is 11.7 Å². The molecule has 1 aromatic carbocycles. The van der Waals surface area contributed by atoms with Gasteiger partial charge in [0.15, 0.2) is 0 Å². The van der Waals surface area contributed by atoms with E-state index >= 15 is 0 Å². The topological polar surface area (TPSA) is 60.9 Å². The highest BCUT2D eigenvalue weighted by Crippen LogP contribution is 2.48. The average molecular weight is 352 g/mol. The molecule has 2 fully saturated rings. The van der Waals surface area contributed by atoms with Crippen LogP contribution in [0.25, 0.3) is 0 Å². The van der Waals surface area contributed by atoms with Gasteiger partial charge in [0.1, 0.15) is 11.5 Å². The highest BCUT2D eigenvalue weighted by atomic mass is 16.7. The van der Waals surface area contributed by atoms with E-state index in [1.807, 2.05) is 23.1 Å². The van der Waals surface area contributed by atoms with E-state index in [2.05, 4.69) is 4.98 Å². The van der Waals surface area contributed by atoms with E-state index < -0.39 is 5.79 Å². The van der Waals surface area contributed by atoms with Gasteiger partial charge in [-0.25, -0.2) is 0 Å². The standard InChI is InChI=1S/C20H20N2O4/c23-19-20(24-10-1-11-25-20)17-12-16(26-15-6-8-21-9-7-15)4-5-18(17)22(19)13-14-2-3-14/h4-9,12,14H,1-3,10-11,13H2. The molecule has 1 saturated heterocycles. The van der Waals surface area contributed by atoms with Gasteiger partial charge in [0, 0.05) is 24.5 Å². The second-order valence-corrected chi connectivity index (χ2v) is 6.99. The number of benzene rings is 1. The Labute approximate surface area is 151 Å². The second kappa shape index (κ2) is 6.07. The van der Waals surface area contributed by atoms with Crippen LogP contribution in [0.3, 0.4) is 0 Å². The normalized spacial score (nSPS) is 21.1. The van der Waals surface area contributed by atoms with E-state index in [1.54, 1.807) is 24.5 Å². The van der Waals surface area contributed by atoms with Gasteiger partial charge in [-0.3, -0.25) is 9.78 Å². The van der Waals surface area contributed by atoms with Gasteiger partial charge in [-0.1, -0.05) is 0 Å². The molecular formula is C20H20N2O4. The van der Waals surface area contributed by atoms with Crippen molar-refractivity contribution in [3.05, 3.63) is 48.3 Å². The van der Waals surface area contributed by atoms with Crippen molar-refractivity contribution in [3.8, 4) is 11.5 Å². The van der Waals surface area contributed by atoms with Gasteiger partial charge in [-0.15, -0.1) is 0 Å². The number of carbonyl (C=O) groups is 1. The van der Waals surface area contributed by atoms with Crippen LogP contribution < -0.4 is 9.64 Å². The van der Waals surface area contributed by atoms with Gasteiger partial charge in [0.2, 0.25) is 0 Å². The molecule has 1 spiro atoms. The fraction of sp³-hybridized carbons (Fsp3) is 0.400. The highest BCUT2D eigenvalue weighted by Gasteiger charge is 2.55. The summed E-state index contributed by atoms with van der Waals surface area (Å²) in [5.74, 6) is 0.491. The van der Waals surface area contributed by atoms with E-state index in [9.17, 15) is 4.79 Å². The second-order valence-electron chi connectivity index (χ2n) is 6.99. The molecule has 1 aromatic heterocycles. The Kier molecular flexibility index (Phi) is 3.69. The number of pyridine rings is 1. The minimum Gasteiger partial charge on any atom is -0.457 e. The van der Waals surface area contributed by atoms with Crippen LogP contribution in [-0.4, -0.2) is 30.6 Å². The van der Waals surface area contributed by atoms with Crippen molar-refractivity contribution in [2.24, 2.45) is 5.92 Å². The summed E-state index contributed by atoms with van der Waals surface area (Å²) in [5.41, 5.74) is 1.61. The Balaban J connectivity index is 1.53. The summed E-state index contributed by atoms with van der Waals surface area (Å²) in [6, 6.07) is 9.27. The Morgan fingerprint density at radius 2 is 1.88 bits per heavy atom. The molecule has 0 N–H and O–H groups in total. The minimum absolute atomic E-state index is 0.111. The molecule has 0 atom stereocenters. The summed E-state index contributed by atoms with van der Waals surface area (Å²) >= 11 is 0. The number of amides is 1. The number of hydrogen-bond acceptors (Lipinski definition) is 5. The predicted molar refractivity (Wildman–Crippen MR) is 94.0 cm³/mol. The lowest BCUT2D eigenvalue weighted by Crippen LogP contribution is -2.47. The molecule has 6 heteroatoms. The molecule has 26 heavy (non-hydrogen) atoms. The van der Waals surface area contributed by atoms with Crippen LogP contribution in [0.2, 0.25) is 0 Å². The van der Waals surface area contributed by atoms with Gasteiger partial charge in [-0.05, 0) is 55.5 Å². The number of anilines is 1. The van der Waals surface area contributed by atoms with Crippen molar-refractivity contribution >= 4 is 11.6 Å². The van der Waals surface area contributed by atoms with Gasteiger partial charge in [0.05, 0.1) is 18.9 Å². The van der Waals surface area contributed by atoms with Gasteiger partial charge < -0.3 is 19.1 Å². The number of nitrogens with zero attached hydrogens (tertiary/aromatic N) is 2. The van der Waals surface area contributed by atoms with Gasteiger partial charge in [-0.2, -0.15) is 0 Å². The van der Waals surface area contributed by atoms with Crippen LogP contribution in [0.15, 0.2) is 42.7 Å². The Bertz CT molecular complexity index is 829. The first-order valence-corrected chi connectivity index (χ1v) is 9.08. The van der Waals surface area contributed by atoms with E-state index in [0.29, 0.717) is 30.6 Å². The largest absolute Gasteiger partial charge is 0.457 e. The molecule has 0 unspecified atom stereocenters. The van der Waals surface area contributed by atoms with Crippen LogP contribution in [0.4, 0.5) is 5.69 Å². The maximum absolute atomic E-state index is 13.2. The SMILES string of the molecule is O=C1N(CC2CC2)c2ccc(Oc3ccncc3)cc2C12OCCCO2. The van der Waals surface area contributed by atoms with Crippen LogP contribution in [-0.2, 0) is 20.1 Å². The summed E-state index contributed by atoms with van der Waals surface area (Å²) in [6.45, 7) is 1.75. The summed E-state index contributed by atoms with van der Waals surface area (Å²) in [4.78, 5) is 19.0. The third-order valence-corrected chi connectivity index (χ3v) is 5.06. The number of ether oxygens (including phenoxy) is 3. The Hall–Kier alpha value is -2.44. The zero-order chi connectivity index (χ0) is 17.6.